The summed E-state index contributed by atoms with van der Waals surface area (Å²) in [6, 6.07) is 17.1. The summed E-state index contributed by atoms with van der Waals surface area (Å²) in [7, 11) is 0. The molecule has 1 fully saturated rings. The van der Waals surface area contributed by atoms with Crippen molar-refractivity contribution in [1.82, 2.24) is 0 Å². The second kappa shape index (κ2) is 7.73. The zero-order valence-corrected chi connectivity index (χ0v) is 17.5. The number of rotatable bonds is 3. The van der Waals surface area contributed by atoms with E-state index in [9.17, 15) is 19.8 Å². The maximum atomic E-state index is 13.2. The first-order valence-electron chi connectivity index (χ1n) is 10.1. The molecule has 0 bridgehead atoms. The first-order chi connectivity index (χ1) is 15.4. The third-order valence-corrected chi connectivity index (χ3v) is 5.94. The summed E-state index contributed by atoms with van der Waals surface area (Å²) in [5.41, 5.74) is 2.33. The molecule has 0 spiro atoms. The van der Waals surface area contributed by atoms with Crippen molar-refractivity contribution in [3.8, 4) is 11.5 Å². The zero-order valence-electron chi connectivity index (χ0n) is 16.8. The minimum atomic E-state index is -0.890. The molecule has 2 aliphatic rings. The second-order valence-electron chi connectivity index (χ2n) is 7.66. The number of ether oxygens (including phenoxy) is 1. The van der Waals surface area contributed by atoms with Gasteiger partial charge in [-0.1, -0.05) is 29.8 Å². The van der Waals surface area contributed by atoms with E-state index in [-0.39, 0.29) is 17.1 Å². The molecule has 0 aromatic heterocycles. The molecule has 0 saturated carbocycles. The highest BCUT2D eigenvalue weighted by Gasteiger charge is 2.47. The van der Waals surface area contributed by atoms with Crippen molar-refractivity contribution in [2.75, 3.05) is 11.5 Å². The molecule has 1 atom stereocenters. The van der Waals surface area contributed by atoms with E-state index < -0.39 is 17.7 Å². The number of aliphatic hydroxyl groups is 1. The predicted molar refractivity (Wildman–Crippen MR) is 120 cm³/mol. The summed E-state index contributed by atoms with van der Waals surface area (Å²) in [6.07, 6.45) is 0.703. The number of phenolic OH excluding ortho intramolecular Hbond substituents is 1. The molecular weight excluding hydrogens is 430 g/mol. The van der Waals surface area contributed by atoms with E-state index in [1.54, 1.807) is 54.6 Å². The van der Waals surface area contributed by atoms with Crippen molar-refractivity contribution >= 4 is 34.7 Å². The standard InChI is InChI=1S/C25H18ClNO5/c26-17-2-1-3-18(13-17)27-22(14-4-7-19(28)8-5-14)21(24(30)25(27)31)23(29)16-6-9-20-15(12-16)10-11-32-20/h1-9,12-13,22,28-29H,10-11H2/b23-21-. The average Bonchev–Trinajstić information content (AvgIpc) is 3.36. The van der Waals surface area contributed by atoms with E-state index in [0.717, 1.165) is 11.3 Å². The Labute approximate surface area is 188 Å². The molecule has 1 unspecified atom stereocenters. The molecule has 2 N–H and O–H groups in total. The van der Waals surface area contributed by atoms with Crippen LogP contribution in [-0.4, -0.2) is 28.5 Å². The van der Waals surface area contributed by atoms with Crippen molar-refractivity contribution in [3.63, 3.8) is 0 Å². The normalized spacial score (nSPS) is 19.2. The largest absolute Gasteiger partial charge is 0.508 e. The molecule has 6 nitrogen and oxygen atoms in total. The molecule has 2 aliphatic heterocycles. The van der Waals surface area contributed by atoms with Gasteiger partial charge in [-0.05, 0) is 59.7 Å². The quantitative estimate of drug-likeness (QED) is 0.348. The van der Waals surface area contributed by atoms with Gasteiger partial charge in [-0.25, -0.2) is 0 Å². The Morgan fingerprint density at radius 1 is 1.03 bits per heavy atom. The number of Topliss-reactive ketones (excluding diaryl/α,β-unsaturated/α-hetero) is 1. The third kappa shape index (κ3) is 3.29. The molecule has 3 aromatic carbocycles. The minimum Gasteiger partial charge on any atom is -0.508 e. The fourth-order valence-electron chi connectivity index (χ4n) is 4.19. The van der Waals surface area contributed by atoms with Crippen LogP contribution in [0.25, 0.3) is 5.76 Å². The van der Waals surface area contributed by atoms with E-state index in [2.05, 4.69) is 0 Å². The highest BCUT2D eigenvalue weighted by Crippen LogP contribution is 2.43. The number of carbonyl (C=O) groups is 2. The summed E-state index contributed by atoms with van der Waals surface area (Å²) in [5, 5.41) is 21.3. The number of aliphatic hydroxyl groups excluding tert-OH is 1. The van der Waals surface area contributed by atoms with E-state index >= 15 is 0 Å². The van der Waals surface area contributed by atoms with Gasteiger partial charge in [-0.2, -0.15) is 0 Å². The van der Waals surface area contributed by atoms with Crippen LogP contribution in [0, 0.1) is 0 Å². The van der Waals surface area contributed by atoms with Crippen LogP contribution in [-0.2, 0) is 16.0 Å². The lowest BCUT2D eigenvalue weighted by atomic mass is 9.94. The summed E-state index contributed by atoms with van der Waals surface area (Å²) in [4.78, 5) is 27.6. The Bertz CT molecular complexity index is 1280. The Kier molecular flexibility index (Phi) is 4.87. The molecule has 2 heterocycles. The highest BCUT2D eigenvalue weighted by molar-refractivity contribution is 6.51. The Hall–Kier alpha value is -3.77. The van der Waals surface area contributed by atoms with Gasteiger partial charge in [-0.15, -0.1) is 0 Å². The van der Waals surface area contributed by atoms with Crippen LogP contribution >= 0.6 is 11.6 Å². The number of amides is 1. The number of aromatic hydroxyl groups is 1. The van der Waals surface area contributed by atoms with Gasteiger partial charge in [0.15, 0.2) is 0 Å². The lowest BCUT2D eigenvalue weighted by Gasteiger charge is -2.25. The number of hydrogen-bond donors (Lipinski definition) is 2. The fourth-order valence-corrected chi connectivity index (χ4v) is 4.37. The smallest absolute Gasteiger partial charge is 0.300 e. The van der Waals surface area contributed by atoms with E-state index in [1.807, 2.05) is 0 Å². The molecule has 0 radical (unpaired) electrons. The van der Waals surface area contributed by atoms with Gasteiger partial charge < -0.3 is 14.9 Å². The Morgan fingerprint density at radius 2 is 1.81 bits per heavy atom. The maximum absolute atomic E-state index is 13.2. The van der Waals surface area contributed by atoms with E-state index in [4.69, 9.17) is 16.3 Å². The summed E-state index contributed by atoms with van der Waals surface area (Å²) < 4.78 is 5.52. The molecular formula is C25H18ClNO5. The van der Waals surface area contributed by atoms with Crippen LogP contribution < -0.4 is 9.64 Å². The number of fused-ring (bicyclic) bond motifs is 1. The Balaban J connectivity index is 1.71. The number of phenols is 1. The van der Waals surface area contributed by atoms with Gasteiger partial charge in [0.25, 0.3) is 11.7 Å². The van der Waals surface area contributed by atoms with Gasteiger partial charge in [0, 0.05) is 22.7 Å². The summed E-state index contributed by atoms with van der Waals surface area (Å²) >= 11 is 6.14. The molecule has 0 aliphatic carbocycles. The summed E-state index contributed by atoms with van der Waals surface area (Å²) in [6.45, 7) is 0.562. The average molecular weight is 448 g/mol. The lowest BCUT2D eigenvalue weighted by Crippen LogP contribution is -2.29. The summed E-state index contributed by atoms with van der Waals surface area (Å²) in [5.74, 6) is -1.03. The van der Waals surface area contributed by atoms with Crippen LogP contribution in [0.5, 0.6) is 11.5 Å². The van der Waals surface area contributed by atoms with Gasteiger partial charge in [0.05, 0.1) is 18.2 Å². The zero-order chi connectivity index (χ0) is 22.4. The predicted octanol–water partition coefficient (Wildman–Crippen LogP) is 4.61. The van der Waals surface area contributed by atoms with Crippen molar-refractivity contribution in [1.29, 1.82) is 0 Å². The minimum absolute atomic E-state index is 0.0282. The molecule has 1 amide bonds. The van der Waals surface area contributed by atoms with E-state index in [1.165, 1.54) is 17.0 Å². The first kappa shape index (κ1) is 20.2. The van der Waals surface area contributed by atoms with Gasteiger partial charge >= 0.3 is 0 Å². The number of halogens is 1. The third-order valence-electron chi connectivity index (χ3n) is 5.70. The molecule has 7 heteroatoms. The second-order valence-corrected chi connectivity index (χ2v) is 8.10. The van der Waals surface area contributed by atoms with Crippen molar-refractivity contribution in [2.45, 2.75) is 12.5 Å². The van der Waals surface area contributed by atoms with Crippen molar-refractivity contribution in [2.24, 2.45) is 0 Å². The molecule has 160 valence electrons. The van der Waals surface area contributed by atoms with Crippen LogP contribution in [0.4, 0.5) is 5.69 Å². The SMILES string of the molecule is O=C1C(=O)N(c2cccc(Cl)c2)C(c2ccc(O)cc2)/C1=C(/O)c1ccc2c(c1)CCO2. The number of hydrogen-bond acceptors (Lipinski definition) is 5. The monoisotopic (exact) mass is 447 g/mol. The number of benzene rings is 3. The topological polar surface area (TPSA) is 87.1 Å². The fraction of sp³-hybridized carbons (Fsp3) is 0.120. The van der Waals surface area contributed by atoms with Crippen LogP contribution in [0.15, 0.2) is 72.3 Å². The van der Waals surface area contributed by atoms with Gasteiger partial charge in [0.2, 0.25) is 0 Å². The number of carbonyl (C=O) groups excluding carboxylic acids is 2. The molecule has 32 heavy (non-hydrogen) atoms. The lowest BCUT2D eigenvalue weighted by molar-refractivity contribution is -0.132. The molecule has 3 aromatic rings. The first-order valence-corrected chi connectivity index (χ1v) is 10.4. The highest BCUT2D eigenvalue weighted by atomic mass is 35.5. The maximum Gasteiger partial charge on any atom is 0.300 e. The van der Waals surface area contributed by atoms with E-state index in [0.29, 0.717) is 34.9 Å². The van der Waals surface area contributed by atoms with Crippen LogP contribution in [0.1, 0.15) is 22.7 Å². The number of ketones is 1. The Morgan fingerprint density at radius 3 is 2.56 bits per heavy atom. The van der Waals surface area contributed by atoms with Crippen LogP contribution in [0.2, 0.25) is 5.02 Å². The van der Waals surface area contributed by atoms with Crippen molar-refractivity contribution < 1.29 is 24.5 Å². The van der Waals surface area contributed by atoms with Gasteiger partial charge in [-0.3, -0.25) is 14.5 Å². The molecule has 1 saturated heterocycles. The van der Waals surface area contributed by atoms with Crippen molar-refractivity contribution in [3.05, 3.63) is 94.0 Å². The molecule has 5 rings (SSSR count). The number of anilines is 1. The van der Waals surface area contributed by atoms with Crippen LogP contribution in [0.3, 0.4) is 0 Å². The van der Waals surface area contributed by atoms with Gasteiger partial charge in [0.1, 0.15) is 17.3 Å². The number of nitrogens with zero attached hydrogens (tertiary/aromatic N) is 1.